The minimum absolute atomic E-state index is 0.141. The van der Waals surface area contributed by atoms with E-state index < -0.39 is 11.6 Å². The van der Waals surface area contributed by atoms with Crippen LogP contribution in [0.2, 0.25) is 0 Å². The van der Waals surface area contributed by atoms with Gasteiger partial charge >= 0.3 is 0 Å². The van der Waals surface area contributed by atoms with Gasteiger partial charge in [-0.1, -0.05) is 12.1 Å². The maximum Gasteiger partial charge on any atom is 0.238 e. The summed E-state index contributed by atoms with van der Waals surface area (Å²) < 4.78 is 32.0. The second-order valence-corrected chi connectivity index (χ2v) is 8.45. The van der Waals surface area contributed by atoms with Crippen LogP contribution in [0.1, 0.15) is 0 Å². The van der Waals surface area contributed by atoms with E-state index in [1.54, 1.807) is 12.1 Å². The topological polar surface area (TPSA) is 73.9 Å². The number of carbonyl (C=O) groups is 2. The van der Waals surface area contributed by atoms with E-state index in [0.29, 0.717) is 37.7 Å². The van der Waals surface area contributed by atoms with E-state index in [1.165, 1.54) is 36.4 Å². The Morgan fingerprint density at radius 3 is 1.66 bits per heavy atom. The molecular formula is C23H28F2N4O3. The fourth-order valence-corrected chi connectivity index (χ4v) is 3.90. The molecule has 2 N–H and O–H groups in total. The second kappa shape index (κ2) is 10.6. The van der Waals surface area contributed by atoms with Crippen molar-refractivity contribution < 1.29 is 23.1 Å². The summed E-state index contributed by atoms with van der Waals surface area (Å²) in [5, 5.41) is 5.38. The molecule has 0 aliphatic carbocycles. The zero-order valence-electron chi connectivity index (χ0n) is 18.2. The quantitative estimate of drug-likeness (QED) is 0.587. The van der Waals surface area contributed by atoms with Crippen LogP contribution in [0.25, 0.3) is 0 Å². The van der Waals surface area contributed by atoms with Crippen LogP contribution in [0.3, 0.4) is 0 Å². The molecule has 1 aliphatic heterocycles. The average molecular weight is 446 g/mol. The zero-order valence-corrected chi connectivity index (χ0v) is 18.2. The van der Waals surface area contributed by atoms with Crippen molar-refractivity contribution in [3.05, 3.63) is 60.2 Å². The van der Waals surface area contributed by atoms with Crippen LogP contribution in [0.15, 0.2) is 48.5 Å². The number of nitrogens with zero attached hydrogens (tertiary/aromatic N) is 2. The molecule has 1 heterocycles. The molecule has 1 aliphatic rings. The number of hydrogen-bond donors (Lipinski definition) is 2. The van der Waals surface area contributed by atoms with Gasteiger partial charge in [0.05, 0.1) is 26.3 Å². The number of anilines is 2. The predicted molar refractivity (Wildman–Crippen MR) is 118 cm³/mol. The molecule has 7 nitrogen and oxygen atoms in total. The first-order valence-electron chi connectivity index (χ1n) is 10.3. The lowest BCUT2D eigenvalue weighted by Crippen LogP contribution is -2.57. The van der Waals surface area contributed by atoms with Crippen molar-refractivity contribution in [1.82, 2.24) is 9.80 Å². The van der Waals surface area contributed by atoms with Crippen molar-refractivity contribution in [1.29, 1.82) is 0 Å². The Kier molecular flexibility index (Phi) is 7.89. The minimum atomic E-state index is -0.411. The fraction of sp³-hybridized carbons (Fsp3) is 0.391. The van der Waals surface area contributed by atoms with Crippen molar-refractivity contribution >= 4 is 23.2 Å². The number of benzene rings is 2. The summed E-state index contributed by atoms with van der Waals surface area (Å²) in [4.78, 5) is 28.4. The SMILES string of the molecule is CN(CC(=O)Nc1cccc(F)c1)CC1(CN(C)CC(=O)Nc2cccc(F)c2)COC1. The van der Waals surface area contributed by atoms with E-state index in [-0.39, 0.29) is 30.3 Å². The van der Waals surface area contributed by atoms with E-state index >= 15 is 0 Å². The van der Waals surface area contributed by atoms with E-state index in [1.807, 2.05) is 23.9 Å². The Balaban J connectivity index is 1.46. The van der Waals surface area contributed by atoms with Crippen LogP contribution in [-0.4, -0.2) is 75.1 Å². The van der Waals surface area contributed by atoms with Crippen molar-refractivity contribution in [3.8, 4) is 0 Å². The first-order chi connectivity index (χ1) is 15.2. The molecule has 2 aromatic rings. The molecule has 0 bridgehead atoms. The molecule has 0 spiro atoms. The highest BCUT2D eigenvalue weighted by atomic mass is 19.1. The standard InChI is InChI=1S/C23H28F2N4O3/c1-28(11-21(30)26-19-7-3-5-17(24)9-19)13-23(15-32-16-23)14-29(2)12-22(31)27-20-8-4-6-18(25)10-20/h3-10H,11-16H2,1-2H3,(H,26,30)(H,27,31). The summed E-state index contributed by atoms with van der Waals surface area (Å²) in [7, 11) is 3.67. The molecule has 32 heavy (non-hydrogen) atoms. The van der Waals surface area contributed by atoms with Crippen LogP contribution in [-0.2, 0) is 14.3 Å². The lowest BCUT2D eigenvalue weighted by atomic mass is 9.84. The average Bonchev–Trinajstić information content (AvgIpc) is 2.65. The van der Waals surface area contributed by atoms with Gasteiger partial charge in [-0.15, -0.1) is 0 Å². The molecule has 0 aromatic heterocycles. The number of likely N-dealkylation sites (N-methyl/N-ethyl adjacent to an activating group) is 2. The summed E-state index contributed by atoms with van der Waals surface area (Å²) in [5.74, 6) is -1.30. The summed E-state index contributed by atoms with van der Waals surface area (Å²) in [6.07, 6.45) is 0. The zero-order chi connectivity index (χ0) is 23.1. The van der Waals surface area contributed by atoms with Gasteiger partial charge in [0.1, 0.15) is 11.6 Å². The molecule has 3 rings (SSSR count). The van der Waals surface area contributed by atoms with E-state index in [4.69, 9.17) is 4.74 Å². The van der Waals surface area contributed by atoms with E-state index in [2.05, 4.69) is 10.6 Å². The van der Waals surface area contributed by atoms with Crippen LogP contribution in [0, 0.1) is 17.0 Å². The third-order valence-corrected chi connectivity index (χ3v) is 5.07. The Morgan fingerprint density at radius 1 is 0.875 bits per heavy atom. The van der Waals surface area contributed by atoms with Gasteiger partial charge in [-0.25, -0.2) is 8.78 Å². The summed E-state index contributed by atoms with van der Waals surface area (Å²) >= 11 is 0. The maximum absolute atomic E-state index is 13.3. The molecule has 0 unspecified atom stereocenters. The van der Waals surface area contributed by atoms with Crippen molar-refractivity contribution in [2.24, 2.45) is 5.41 Å². The normalized spacial score (nSPS) is 14.8. The number of carbonyl (C=O) groups excluding carboxylic acids is 2. The highest BCUT2D eigenvalue weighted by Crippen LogP contribution is 2.29. The molecule has 1 saturated heterocycles. The first kappa shape index (κ1) is 23.8. The van der Waals surface area contributed by atoms with Gasteiger partial charge in [-0.2, -0.15) is 0 Å². The smallest absolute Gasteiger partial charge is 0.238 e. The Hall–Kier alpha value is -2.88. The Labute approximate surface area is 186 Å². The third kappa shape index (κ3) is 7.08. The molecule has 0 saturated carbocycles. The predicted octanol–water partition coefficient (Wildman–Crippen LogP) is 2.42. The van der Waals surface area contributed by atoms with Gasteiger partial charge in [0.15, 0.2) is 0 Å². The molecule has 2 amide bonds. The highest BCUT2D eigenvalue weighted by Gasteiger charge is 2.40. The van der Waals surface area contributed by atoms with Gasteiger partial charge in [0, 0.05) is 29.9 Å². The summed E-state index contributed by atoms with van der Waals surface area (Å²) in [6.45, 7) is 2.53. The van der Waals surface area contributed by atoms with E-state index in [9.17, 15) is 18.4 Å². The minimum Gasteiger partial charge on any atom is -0.380 e. The van der Waals surface area contributed by atoms with Gasteiger partial charge in [0.2, 0.25) is 11.8 Å². The van der Waals surface area contributed by atoms with Crippen LogP contribution in [0.4, 0.5) is 20.2 Å². The number of nitrogens with one attached hydrogen (secondary N) is 2. The molecule has 0 atom stereocenters. The summed E-state index contributed by atoms with van der Waals surface area (Å²) in [6, 6.07) is 11.5. The first-order valence-corrected chi connectivity index (χ1v) is 10.3. The molecule has 2 aromatic carbocycles. The highest BCUT2D eigenvalue weighted by molar-refractivity contribution is 5.92. The van der Waals surface area contributed by atoms with Crippen LogP contribution >= 0.6 is 0 Å². The largest absolute Gasteiger partial charge is 0.380 e. The number of ether oxygens (including phenoxy) is 1. The van der Waals surface area contributed by atoms with Crippen molar-refractivity contribution in [2.45, 2.75) is 0 Å². The lowest BCUT2D eigenvalue weighted by Gasteiger charge is -2.45. The van der Waals surface area contributed by atoms with Gasteiger partial charge in [0.25, 0.3) is 0 Å². The van der Waals surface area contributed by atoms with Gasteiger partial charge < -0.3 is 15.4 Å². The number of halogens is 2. The molecule has 0 radical (unpaired) electrons. The molecule has 9 heteroatoms. The summed E-state index contributed by atoms with van der Waals surface area (Å²) in [5.41, 5.74) is 0.616. The Morgan fingerprint density at radius 2 is 1.31 bits per heavy atom. The monoisotopic (exact) mass is 446 g/mol. The van der Waals surface area contributed by atoms with Gasteiger partial charge in [-0.3, -0.25) is 19.4 Å². The van der Waals surface area contributed by atoms with Crippen molar-refractivity contribution in [2.75, 3.05) is 64.1 Å². The maximum atomic E-state index is 13.3. The number of hydrogen-bond acceptors (Lipinski definition) is 5. The van der Waals surface area contributed by atoms with Gasteiger partial charge in [-0.05, 0) is 50.5 Å². The van der Waals surface area contributed by atoms with Crippen LogP contribution in [0.5, 0.6) is 0 Å². The Bertz CT molecular complexity index is 881. The van der Waals surface area contributed by atoms with E-state index in [0.717, 1.165) is 0 Å². The lowest BCUT2D eigenvalue weighted by molar-refractivity contribution is -0.139. The van der Waals surface area contributed by atoms with Crippen molar-refractivity contribution in [3.63, 3.8) is 0 Å². The molecular weight excluding hydrogens is 418 g/mol. The molecule has 172 valence electrons. The number of rotatable bonds is 10. The number of amides is 2. The molecule has 1 fully saturated rings. The third-order valence-electron chi connectivity index (χ3n) is 5.07. The second-order valence-electron chi connectivity index (χ2n) is 8.45. The fourth-order valence-electron chi connectivity index (χ4n) is 3.90. The van der Waals surface area contributed by atoms with Crippen LogP contribution < -0.4 is 10.6 Å².